The lowest BCUT2D eigenvalue weighted by Crippen LogP contribution is -2.27. The van der Waals surface area contributed by atoms with Gasteiger partial charge in [0, 0.05) is 6.54 Å². The van der Waals surface area contributed by atoms with Gasteiger partial charge in [0.2, 0.25) is 0 Å². The smallest absolute Gasteiger partial charge is 0.342 e. The Kier molecular flexibility index (Phi) is 5.97. The van der Waals surface area contributed by atoms with Crippen LogP contribution in [-0.2, 0) is 14.8 Å². The Hall–Kier alpha value is -1.41. The Morgan fingerprint density at radius 1 is 1.42 bits per heavy atom. The maximum absolute atomic E-state index is 12.0. The Balaban J connectivity index is 2.78. The number of hydrogen-bond donors (Lipinski definition) is 2. The first-order chi connectivity index (χ1) is 9.03. The highest BCUT2D eigenvalue weighted by atomic mass is 32.2. The number of aromatic nitrogens is 2. The van der Waals surface area contributed by atoms with Crippen LogP contribution in [0.2, 0.25) is 0 Å². The fourth-order valence-corrected chi connectivity index (χ4v) is 2.64. The summed E-state index contributed by atoms with van der Waals surface area (Å²) >= 11 is 0. The molecule has 0 aliphatic rings. The number of sulfonamides is 1. The van der Waals surface area contributed by atoms with Gasteiger partial charge in [-0.05, 0) is 13.3 Å². The van der Waals surface area contributed by atoms with Crippen molar-refractivity contribution in [2.45, 2.75) is 38.1 Å². The highest BCUT2D eigenvalue weighted by Gasteiger charge is 2.25. The number of carbonyl (C=O) groups excluding carboxylic acids is 1. The first kappa shape index (κ1) is 15.6. The molecule has 0 bridgehead atoms. The molecular formula is C11H19N3O4S. The van der Waals surface area contributed by atoms with E-state index in [1.165, 1.54) is 0 Å². The summed E-state index contributed by atoms with van der Waals surface area (Å²) in [5.41, 5.74) is -0.0789. The summed E-state index contributed by atoms with van der Waals surface area (Å²) in [6.45, 7) is 4.18. The van der Waals surface area contributed by atoms with Crippen molar-refractivity contribution in [2.75, 3.05) is 13.2 Å². The standard InChI is InChI=1S/C11H19N3O4S/c1-3-5-6-7-13-19(16,17)10-9(8-12-14-10)11(15)18-4-2/h8,13H,3-7H2,1-2H3,(H,12,14). The maximum atomic E-state index is 12.0. The van der Waals surface area contributed by atoms with Crippen molar-refractivity contribution < 1.29 is 17.9 Å². The molecule has 1 aromatic heterocycles. The molecule has 19 heavy (non-hydrogen) atoms. The van der Waals surface area contributed by atoms with Crippen LogP contribution in [-0.4, -0.2) is 37.7 Å². The van der Waals surface area contributed by atoms with E-state index in [-0.39, 0.29) is 17.2 Å². The van der Waals surface area contributed by atoms with Gasteiger partial charge in [-0.1, -0.05) is 19.8 Å². The van der Waals surface area contributed by atoms with Crippen LogP contribution >= 0.6 is 0 Å². The molecule has 0 fully saturated rings. The fraction of sp³-hybridized carbons (Fsp3) is 0.636. The molecule has 0 unspecified atom stereocenters. The summed E-state index contributed by atoms with van der Waals surface area (Å²) < 4.78 is 31.2. The van der Waals surface area contributed by atoms with E-state index in [1.54, 1.807) is 6.92 Å². The van der Waals surface area contributed by atoms with Crippen LogP contribution in [0.4, 0.5) is 0 Å². The molecule has 0 aromatic carbocycles. The minimum absolute atomic E-state index is 0.0789. The van der Waals surface area contributed by atoms with E-state index < -0.39 is 16.0 Å². The Morgan fingerprint density at radius 2 is 2.16 bits per heavy atom. The molecule has 0 spiro atoms. The number of nitrogens with zero attached hydrogens (tertiary/aromatic N) is 1. The zero-order valence-corrected chi connectivity index (χ0v) is 11.9. The number of nitrogens with one attached hydrogen (secondary N) is 2. The minimum atomic E-state index is -3.76. The van der Waals surface area contributed by atoms with Crippen molar-refractivity contribution in [3.05, 3.63) is 11.8 Å². The molecule has 7 nitrogen and oxygen atoms in total. The van der Waals surface area contributed by atoms with Gasteiger partial charge in [0.05, 0.1) is 12.8 Å². The summed E-state index contributed by atoms with van der Waals surface area (Å²) in [4.78, 5) is 11.6. The molecule has 0 aliphatic carbocycles. The fourth-order valence-electron chi connectivity index (χ4n) is 1.49. The van der Waals surface area contributed by atoms with E-state index >= 15 is 0 Å². The highest BCUT2D eigenvalue weighted by Crippen LogP contribution is 2.13. The van der Waals surface area contributed by atoms with Crippen molar-refractivity contribution in [2.24, 2.45) is 0 Å². The van der Waals surface area contributed by atoms with E-state index in [9.17, 15) is 13.2 Å². The number of unbranched alkanes of at least 4 members (excludes halogenated alkanes) is 2. The summed E-state index contributed by atoms with van der Waals surface area (Å²) in [6.07, 6.45) is 3.84. The molecule has 1 heterocycles. The van der Waals surface area contributed by atoms with Gasteiger partial charge in [-0.25, -0.2) is 17.9 Å². The summed E-state index contributed by atoms with van der Waals surface area (Å²) in [7, 11) is -3.76. The number of ether oxygens (including phenoxy) is 1. The van der Waals surface area contributed by atoms with Crippen LogP contribution in [0, 0.1) is 0 Å². The summed E-state index contributed by atoms with van der Waals surface area (Å²) in [5.74, 6) is -0.704. The lowest BCUT2D eigenvalue weighted by atomic mass is 10.3. The van der Waals surface area contributed by atoms with Crippen LogP contribution < -0.4 is 4.72 Å². The van der Waals surface area contributed by atoms with E-state index in [4.69, 9.17) is 4.74 Å². The Morgan fingerprint density at radius 3 is 2.79 bits per heavy atom. The van der Waals surface area contributed by atoms with E-state index in [0.29, 0.717) is 6.54 Å². The number of esters is 1. The maximum Gasteiger partial charge on any atom is 0.342 e. The molecule has 0 amide bonds. The third-order valence-corrected chi connectivity index (χ3v) is 3.87. The quantitative estimate of drug-likeness (QED) is 0.550. The summed E-state index contributed by atoms with van der Waals surface area (Å²) in [6, 6.07) is 0. The Labute approximate surface area is 112 Å². The number of H-pyrrole nitrogens is 1. The third-order valence-electron chi connectivity index (χ3n) is 2.44. The van der Waals surface area contributed by atoms with Gasteiger partial charge in [0.1, 0.15) is 5.56 Å². The average molecular weight is 289 g/mol. The number of aromatic amines is 1. The van der Waals surface area contributed by atoms with Crippen molar-refractivity contribution in [3.63, 3.8) is 0 Å². The van der Waals surface area contributed by atoms with Crippen LogP contribution in [0.15, 0.2) is 11.2 Å². The van der Waals surface area contributed by atoms with Crippen LogP contribution in [0.1, 0.15) is 43.5 Å². The molecule has 0 saturated carbocycles. The molecule has 8 heteroatoms. The molecule has 1 aromatic rings. The van der Waals surface area contributed by atoms with Gasteiger partial charge in [-0.2, -0.15) is 5.10 Å². The van der Waals surface area contributed by atoms with Crippen LogP contribution in [0.3, 0.4) is 0 Å². The molecule has 0 atom stereocenters. The second-order valence-electron chi connectivity index (χ2n) is 3.94. The zero-order valence-electron chi connectivity index (χ0n) is 11.1. The molecule has 0 aliphatic heterocycles. The predicted octanol–water partition coefficient (Wildman–Crippen LogP) is 1.05. The molecule has 0 saturated heterocycles. The van der Waals surface area contributed by atoms with Gasteiger partial charge in [-0.3, -0.25) is 5.10 Å². The molecular weight excluding hydrogens is 270 g/mol. The molecule has 0 radical (unpaired) electrons. The van der Waals surface area contributed by atoms with E-state index in [2.05, 4.69) is 14.9 Å². The van der Waals surface area contributed by atoms with Crippen molar-refractivity contribution >= 4 is 16.0 Å². The van der Waals surface area contributed by atoms with Gasteiger partial charge in [-0.15, -0.1) is 0 Å². The van der Waals surface area contributed by atoms with E-state index in [1.807, 2.05) is 6.92 Å². The summed E-state index contributed by atoms with van der Waals surface area (Å²) in [5, 5.41) is 5.67. The molecule has 1 rings (SSSR count). The van der Waals surface area contributed by atoms with Gasteiger partial charge in [0.15, 0.2) is 5.03 Å². The van der Waals surface area contributed by atoms with Gasteiger partial charge in [0.25, 0.3) is 10.0 Å². The van der Waals surface area contributed by atoms with Crippen molar-refractivity contribution in [1.82, 2.24) is 14.9 Å². The zero-order chi connectivity index (χ0) is 14.3. The lowest BCUT2D eigenvalue weighted by Gasteiger charge is -2.06. The number of rotatable bonds is 8. The number of hydrogen-bond acceptors (Lipinski definition) is 5. The van der Waals surface area contributed by atoms with Crippen molar-refractivity contribution in [3.8, 4) is 0 Å². The van der Waals surface area contributed by atoms with Gasteiger partial charge < -0.3 is 4.74 Å². The van der Waals surface area contributed by atoms with Crippen LogP contribution in [0.5, 0.6) is 0 Å². The second kappa shape index (κ2) is 7.25. The first-order valence-electron chi connectivity index (χ1n) is 6.23. The normalized spacial score (nSPS) is 11.5. The second-order valence-corrected chi connectivity index (χ2v) is 5.64. The van der Waals surface area contributed by atoms with Crippen molar-refractivity contribution in [1.29, 1.82) is 0 Å². The lowest BCUT2D eigenvalue weighted by molar-refractivity contribution is 0.0522. The molecule has 2 N–H and O–H groups in total. The average Bonchev–Trinajstić information content (AvgIpc) is 2.85. The monoisotopic (exact) mass is 289 g/mol. The largest absolute Gasteiger partial charge is 0.462 e. The van der Waals surface area contributed by atoms with Gasteiger partial charge >= 0.3 is 5.97 Å². The predicted molar refractivity (Wildman–Crippen MR) is 69.3 cm³/mol. The highest BCUT2D eigenvalue weighted by molar-refractivity contribution is 7.89. The topological polar surface area (TPSA) is 101 Å². The van der Waals surface area contributed by atoms with Crippen LogP contribution in [0.25, 0.3) is 0 Å². The SMILES string of the molecule is CCCCCNS(=O)(=O)c1[nH]ncc1C(=O)OCC. The van der Waals surface area contributed by atoms with E-state index in [0.717, 1.165) is 25.5 Å². The minimum Gasteiger partial charge on any atom is -0.462 e. The third kappa shape index (κ3) is 4.32. The number of carbonyl (C=O) groups is 1. The first-order valence-corrected chi connectivity index (χ1v) is 7.71. The molecule has 108 valence electrons. The Bertz CT molecular complexity index is 510.